The van der Waals surface area contributed by atoms with E-state index < -0.39 is 5.97 Å². The first-order valence-corrected chi connectivity index (χ1v) is 10.6. The van der Waals surface area contributed by atoms with Gasteiger partial charge in [-0.25, -0.2) is 9.78 Å². The first-order chi connectivity index (χ1) is 14.5. The fourth-order valence-corrected chi connectivity index (χ4v) is 5.45. The number of hydrogen-bond donors (Lipinski definition) is 2. The third-order valence-corrected chi connectivity index (χ3v) is 6.67. The summed E-state index contributed by atoms with van der Waals surface area (Å²) in [5.74, 6) is 0.259. The van der Waals surface area contributed by atoms with E-state index in [4.69, 9.17) is 4.74 Å². The second kappa shape index (κ2) is 7.21. The van der Waals surface area contributed by atoms with E-state index in [1.165, 1.54) is 10.9 Å². The van der Waals surface area contributed by atoms with Crippen LogP contribution in [-0.4, -0.2) is 20.9 Å². The Morgan fingerprint density at radius 3 is 2.97 bits per heavy atom. The van der Waals surface area contributed by atoms with E-state index in [2.05, 4.69) is 21.9 Å². The predicted molar refractivity (Wildman–Crippen MR) is 115 cm³/mol. The van der Waals surface area contributed by atoms with Crippen LogP contribution in [0.3, 0.4) is 0 Å². The van der Waals surface area contributed by atoms with Gasteiger partial charge in [0.05, 0.1) is 10.9 Å². The fourth-order valence-electron chi connectivity index (χ4n) is 4.05. The lowest BCUT2D eigenvalue weighted by molar-refractivity contribution is 0.0464. The van der Waals surface area contributed by atoms with Crippen LogP contribution in [0, 0.1) is 5.92 Å². The zero-order valence-corrected chi connectivity index (χ0v) is 17.1. The summed E-state index contributed by atoms with van der Waals surface area (Å²) in [5.41, 5.74) is 1.27. The van der Waals surface area contributed by atoms with Crippen LogP contribution in [0.4, 0.5) is 0 Å². The Labute approximate surface area is 174 Å². The number of thiophene rings is 1. The summed E-state index contributed by atoms with van der Waals surface area (Å²) in [7, 11) is 0. The number of fused-ring (bicyclic) bond motifs is 4. The molecule has 1 aliphatic carbocycles. The smallest absolute Gasteiger partial charge is 0.339 e. The third kappa shape index (κ3) is 3.23. The zero-order valence-electron chi connectivity index (χ0n) is 16.3. The summed E-state index contributed by atoms with van der Waals surface area (Å²) < 4.78 is 5.38. The Hall–Kier alpha value is -3.26. The molecule has 0 amide bonds. The molecule has 0 saturated heterocycles. The third-order valence-electron chi connectivity index (χ3n) is 5.52. The molecule has 7 nitrogen and oxygen atoms in total. The normalized spacial score (nSPS) is 16.0. The Kier molecular flexibility index (Phi) is 4.51. The van der Waals surface area contributed by atoms with E-state index in [0.29, 0.717) is 32.9 Å². The van der Waals surface area contributed by atoms with Crippen molar-refractivity contribution in [3.8, 4) is 0 Å². The fraction of sp³-hybridized carbons (Fsp3) is 0.273. The van der Waals surface area contributed by atoms with Crippen molar-refractivity contribution in [1.29, 1.82) is 0 Å². The molecule has 0 radical (unpaired) electrons. The topological polar surface area (TPSA) is 105 Å². The van der Waals surface area contributed by atoms with E-state index in [1.54, 1.807) is 35.6 Å². The summed E-state index contributed by atoms with van der Waals surface area (Å²) in [6.45, 7) is 2.04. The van der Waals surface area contributed by atoms with Crippen LogP contribution in [0.2, 0.25) is 0 Å². The van der Waals surface area contributed by atoms with Gasteiger partial charge in [-0.2, -0.15) is 0 Å². The summed E-state index contributed by atoms with van der Waals surface area (Å²) in [4.78, 5) is 49.1. The molecule has 1 aromatic carbocycles. The van der Waals surface area contributed by atoms with Crippen LogP contribution in [0.15, 0.2) is 39.9 Å². The van der Waals surface area contributed by atoms with Crippen LogP contribution in [0.25, 0.3) is 21.1 Å². The Morgan fingerprint density at radius 1 is 1.27 bits per heavy atom. The van der Waals surface area contributed by atoms with Crippen LogP contribution in [0.1, 0.15) is 40.0 Å². The lowest BCUT2D eigenvalue weighted by Crippen LogP contribution is -2.17. The summed E-state index contributed by atoms with van der Waals surface area (Å²) in [6.07, 6.45) is 2.93. The Morgan fingerprint density at radius 2 is 2.10 bits per heavy atom. The van der Waals surface area contributed by atoms with Crippen molar-refractivity contribution >= 4 is 38.4 Å². The first kappa shape index (κ1) is 18.7. The molecule has 0 fully saturated rings. The molecule has 3 heterocycles. The number of carbonyl (C=O) groups is 1. The van der Waals surface area contributed by atoms with Crippen molar-refractivity contribution < 1.29 is 9.53 Å². The molecule has 0 bridgehead atoms. The number of benzene rings is 1. The highest BCUT2D eigenvalue weighted by Crippen LogP contribution is 2.35. The van der Waals surface area contributed by atoms with Crippen molar-refractivity contribution in [3.05, 3.63) is 72.9 Å². The average molecular weight is 421 g/mol. The standard InChI is InChI=1S/C22H19N3O4S/c1-11-6-7-13-16(8-11)30-21-19(13)20(27)24-17(25-21)10-29-22(28)14-9-18(26)23-15-5-3-2-4-12(14)15/h2-5,9,11H,6-8,10H2,1H3,(H,23,26)(H,24,25,27). The number of pyridine rings is 1. The zero-order chi connectivity index (χ0) is 20.8. The van der Waals surface area contributed by atoms with Crippen molar-refractivity contribution in [2.75, 3.05) is 0 Å². The van der Waals surface area contributed by atoms with E-state index >= 15 is 0 Å². The highest BCUT2D eigenvalue weighted by molar-refractivity contribution is 7.18. The highest BCUT2D eigenvalue weighted by atomic mass is 32.1. The van der Waals surface area contributed by atoms with Gasteiger partial charge in [-0.3, -0.25) is 9.59 Å². The van der Waals surface area contributed by atoms with E-state index in [9.17, 15) is 14.4 Å². The summed E-state index contributed by atoms with van der Waals surface area (Å²) >= 11 is 1.55. The minimum Gasteiger partial charge on any atom is -0.454 e. The number of rotatable bonds is 3. The maximum absolute atomic E-state index is 12.7. The number of aromatic nitrogens is 3. The van der Waals surface area contributed by atoms with Gasteiger partial charge in [0.15, 0.2) is 0 Å². The Balaban J connectivity index is 1.44. The molecule has 0 aliphatic heterocycles. The molecule has 2 N–H and O–H groups in total. The molecule has 5 rings (SSSR count). The maximum Gasteiger partial charge on any atom is 0.339 e. The van der Waals surface area contributed by atoms with Crippen LogP contribution >= 0.6 is 11.3 Å². The molecule has 1 unspecified atom stereocenters. The molecule has 8 heteroatoms. The van der Waals surface area contributed by atoms with Crippen molar-refractivity contribution in [2.45, 2.75) is 32.8 Å². The Bertz CT molecular complexity index is 1420. The lowest BCUT2D eigenvalue weighted by Gasteiger charge is -2.17. The van der Waals surface area contributed by atoms with Gasteiger partial charge in [0.2, 0.25) is 5.56 Å². The molecule has 3 aromatic heterocycles. The number of para-hydroxylation sites is 1. The number of aromatic amines is 2. The van der Waals surface area contributed by atoms with Crippen molar-refractivity contribution in [2.24, 2.45) is 5.92 Å². The number of esters is 1. The number of nitrogens with zero attached hydrogens (tertiary/aromatic N) is 1. The molecular weight excluding hydrogens is 402 g/mol. The number of ether oxygens (including phenoxy) is 1. The second-order valence-corrected chi connectivity index (χ2v) is 8.80. The quantitative estimate of drug-likeness (QED) is 0.494. The molecule has 1 atom stereocenters. The van der Waals surface area contributed by atoms with Crippen molar-refractivity contribution in [3.63, 3.8) is 0 Å². The van der Waals surface area contributed by atoms with E-state index in [1.807, 2.05) is 0 Å². The molecule has 30 heavy (non-hydrogen) atoms. The molecule has 4 aromatic rings. The monoisotopic (exact) mass is 421 g/mol. The predicted octanol–water partition coefficient (Wildman–Crippen LogP) is 3.31. The molecule has 0 saturated carbocycles. The van der Waals surface area contributed by atoms with Gasteiger partial charge < -0.3 is 14.7 Å². The largest absolute Gasteiger partial charge is 0.454 e. The van der Waals surface area contributed by atoms with Gasteiger partial charge in [0, 0.05) is 21.8 Å². The number of hydrogen-bond acceptors (Lipinski definition) is 6. The molecule has 1 aliphatic rings. The summed E-state index contributed by atoms with van der Waals surface area (Å²) in [6, 6.07) is 8.24. The number of nitrogens with one attached hydrogen (secondary N) is 2. The van der Waals surface area contributed by atoms with Gasteiger partial charge in [-0.15, -0.1) is 11.3 Å². The number of aryl methyl sites for hydroxylation is 1. The maximum atomic E-state index is 12.7. The van der Waals surface area contributed by atoms with E-state index in [0.717, 1.165) is 24.8 Å². The highest BCUT2D eigenvalue weighted by Gasteiger charge is 2.23. The first-order valence-electron chi connectivity index (χ1n) is 9.82. The summed E-state index contributed by atoms with van der Waals surface area (Å²) in [5, 5.41) is 1.26. The average Bonchev–Trinajstić information content (AvgIpc) is 3.09. The molecule has 0 spiro atoms. The number of H-pyrrole nitrogens is 2. The SMILES string of the molecule is CC1CCc2c(sc3nc(COC(=O)c4cc(=O)[nH]c5ccccc45)[nH]c(=O)c23)C1. The molecule has 152 valence electrons. The van der Waals surface area contributed by atoms with Gasteiger partial charge >= 0.3 is 5.97 Å². The van der Waals surface area contributed by atoms with Gasteiger partial charge in [0.25, 0.3) is 5.56 Å². The minimum absolute atomic E-state index is 0.176. The van der Waals surface area contributed by atoms with E-state index in [-0.39, 0.29) is 23.3 Å². The van der Waals surface area contributed by atoms with Gasteiger partial charge in [0.1, 0.15) is 17.3 Å². The van der Waals surface area contributed by atoms with Crippen LogP contribution in [0.5, 0.6) is 0 Å². The lowest BCUT2D eigenvalue weighted by atomic mass is 9.89. The number of carbonyl (C=O) groups excluding carboxylic acids is 1. The van der Waals surface area contributed by atoms with Crippen LogP contribution in [-0.2, 0) is 24.2 Å². The second-order valence-electron chi connectivity index (χ2n) is 7.71. The van der Waals surface area contributed by atoms with Crippen LogP contribution < -0.4 is 11.1 Å². The minimum atomic E-state index is -0.639. The molecular formula is C22H19N3O4S. The van der Waals surface area contributed by atoms with Gasteiger partial charge in [-0.05, 0) is 36.8 Å². The van der Waals surface area contributed by atoms with Crippen molar-refractivity contribution in [1.82, 2.24) is 15.0 Å². The van der Waals surface area contributed by atoms with Gasteiger partial charge in [-0.1, -0.05) is 25.1 Å².